The van der Waals surface area contributed by atoms with E-state index >= 15 is 0 Å². The van der Waals surface area contributed by atoms with Gasteiger partial charge in [-0.15, -0.1) is 11.8 Å². The van der Waals surface area contributed by atoms with Crippen molar-refractivity contribution in [1.29, 1.82) is 0 Å². The molecule has 0 aliphatic carbocycles. The fourth-order valence-corrected chi connectivity index (χ4v) is 5.89. The molecule has 0 aromatic heterocycles. The number of Topliss-reactive ketones (excluding diaryl/α,β-unsaturated/α-hetero) is 1. The molecule has 1 atom stereocenters. The first-order chi connectivity index (χ1) is 11.3. The van der Waals surface area contributed by atoms with Crippen LogP contribution in [-0.2, 0) is 19.4 Å². The van der Waals surface area contributed by atoms with E-state index in [4.69, 9.17) is 21.1 Å². The van der Waals surface area contributed by atoms with Gasteiger partial charge in [-0.25, -0.2) is 8.42 Å². The van der Waals surface area contributed by atoms with Gasteiger partial charge < -0.3 is 9.47 Å². The Morgan fingerprint density at radius 1 is 1.38 bits per heavy atom. The highest BCUT2D eigenvalue weighted by molar-refractivity contribution is 8.02. The van der Waals surface area contributed by atoms with Gasteiger partial charge in [0.05, 0.1) is 29.4 Å². The molecule has 24 heavy (non-hydrogen) atoms. The topological polar surface area (TPSA) is 86.7 Å². The number of carbonyl (C=O) groups is 2. The summed E-state index contributed by atoms with van der Waals surface area (Å²) in [7, 11) is -1.49. The second-order valence-corrected chi connectivity index (χ2v) is 9.19. The number of halogens is 1. The van der Waals surface area contributed by atoms with Crippen LogP contribution in [-0.4, -0.2) is 56.4 Å². The van der Waals surface area contributed by atoms with Crippen molar-refractivity contribution in [1.82, 2.24) is 0 Å². The lowest BCUT2D eigenvalue weighted by molar-refractivity contribution is -0.139. The van der Waals surface area contributed by atoms with Crippen molar-refractivity contribution in [2.75, 3.05) is 31.0 Å². The summed E-state index contributed by atoms with van der Waals surface area (Å²) >= 11 is 7.19. The second-order valence-electron chi connectivity index (χ2n) is 5.27. The lowest BCUT2D eigenvalue weighted by Gasteiger charge is -2.08. The third kappa shape index (κ3) is 5.39. The number of ketones is 1. The van der Waals surface area contributed by atoms with Gasteiger partial charge in [0, 0.05) is 10.8 Å². The molecule has 0 bridgehead atoms. The van der Waals surface area contributed by atoms with E-state index in [0.29, 0.717) is 22.8 Å². The third-order valence-electron chi connectivity index (χ3n) is 3.47. The van der Waals surface area contributed by atoms with E-state index in [1.165, 1.54) is 24.9 Å². The second kappa shape index (κ2) is 8.22. The molecule has 1 aromatic rings. The molecule has 0 spiro atoms. The normalized spacial score (nSPS) is 19.0. The number of benzene rings is 1. The highest BCUT2D eigenvalue weighted by atomic mass is 35.5. The van der Waals surface area contributed by atoms with Crippen molar-refractivity contribution in [2.24, 2.45) is 0 Å². The first-order valence-electron chi connectivity index (χ1n) is 7.15. The smallest absolute Gasteiger partial charge is 0.316 e. The highest BCUT2D eigenvalue weighted by Crippen LogP contribution is 2.26. The van der Waals surface area contributed by atoms with Gasteiger partial charge in [0.1, 0.15) is 5.75 Å². The van der Waals surface area contributed by atoms with Crippen LogP contribution in [0.1, 0.15) is 16.8 Å². The summed E-state index contributed by atoms with van der Waals surface area (Å²) in [5.74, 6) is -0.187. The Bertz CT molecular complexity index is 731. The van der Waals surface area contributed by atoms with Crippen molar-refractivity contribution in [3.63, 3.8) is 0 Å². The molecule has 6 nitrogen and oxygen atoms in total. The zero-order valence-electron chi connectivity index (χ0n) is 13.0. The van der Waals surface area contributed by atoms with E-state index in [-0.39, 0.29) is 34.9 Å². The summed E-state index contributed by atoms with van der Waals surface area (Å²) in [6.45, 7) is -0.384. The maximum absolute atomic E-state index is 12.0. The summed E-state index contributed by atoms with van der Waals surface area (Å²) in [5.41, 5.74) is 0.322. The number of rotatable bonds is 7. The maximum atomic E-state index is 12.0. The average Bonchev–Trinajstić information content (AvgIpc) is 2.89. The van der Waals surface area contributed by atoms with Gasteiger partial charge in [-0.05, 0) is 24.6 Å². The lowest BCUT2D eigenvalue weighted by Crippen LogP contribution is -2.17. The summed E-state index contributed by atoms with van der Waals surface area (Å²) in [4.78, 5) is 23.7. The Balaban J connectivity index is 1.77. The van der Waals surface area contributed by atoms with Gasteiger partial charge in [0.2, 0.25) is 0 Å². The molecule has 1 heterocycles. The molecule has 0 amide bonds. The summed E-state index contributed by atoms with van der Waals surface area (Å²) in [6.07, 6.45) is 0.545. The van der Waals surface area contributed by atoms with E-state index in [2.05, 4.69) is 0 Å². The molecule has 1 saturated heterocycles. The number of ether oxygens (including phenoxy) is 2. The Kier molecular flexibility index (Phi) is 6.54. The fraction of sp³-hybridized carbons (Fsp3) is 0.467. The van der Waals surface area contributed by atoms with E-state index in [0.717, 1.165) is 0 Å². The molecule has 9 heteroatoms. The fourth-order valence-electron chi connectivity index (χ4n) is 2.19. The van der Waals surface area contributed by atoms with E-state index in [9.17, 15) is 18.0 Å². The van der Waals surface area contributed by atoms with Gasteiger partial charge in [-0.2, -0.15) is 0 Å². The minimum atomic E-state index is -2.96. The van der Waals surface area contributed by atoms with Crippen LogP contribution in [0.25, 0.3) is 0 Å². The Morgan fingerprint density at radius 2 is 2.12 bits per heavy atom. The monoisotopic (exact) mass is 392 g/mol. The van der Waals surface area contributed by atoms with Crippen molar-refractivity contribution in [2.45, 2.75) is 11.7 Å². The molecule has 0 saturated carbocycles. The Labute approximate surface area is 149 Å². The summed E-state index contributed by atoms with van der Waals surface area (Å²) < 4.78 is 32.6. The molecular weight excluding hydrogens is 376 g/mol. The molecule has 0 unspecified atom stereocenters. The third-order valence-corrected chi connectivity index (χ3v) is 7.02. The van der Waals surface area contributed by atoms with Crippen LogP contribution in [0.5, 0.6) is 5.75 Å². The van der Waals surface area contributed by atoms with Gasteiger partial charge >= 0.3 is 5.97 Å². The predicted octanol–water partition coefficient (Wildman–Crippen LogP) is 1.99. The number of methoxy groups -OCH3 is 1. The number of thioether (sulfide) groups is 1. The van der Waals surface area contributed by atoms with Crippen LogP contribution in [0.3, 0.4) is 0 Å². The molecule has 1 aliphatic heterocycles. The maximum Gasteiger partial charge on any atom is 0.316 e. The minimum Gasteiger partial charge on any atom is -0.495 e. The van der Waals surface area contributed by atoms with Crippen molar-refractivity contribution < 1.29 is 27.5 Å². The quantitative estimate of drug-likeness (QED) is 0.518. The Morgan fingerprint density at radius 3 is 2.71 bits per heavy atom. The van der Waals surface area contributed by atoms with Crippen LogP contribution in [0.15, 0.2) is 18.2 Å². The van der Waals surface area contributed by atoms with Crippen LogP contribution in [0.4, 0.5) is 0 Å². The van der Waals surface area contributed by atoms with Crippen LogP contribution in [0, 0.1) is 0 Å². The molecule has 1 fully saturated rings. The Hall–Kier alpha value is -1.25. The van der Waals surface area contributed by atoms with Crippen LogP contribution >= 0.6 is 23.4 Å². The van der Waals surface area contributed by atoms with Gasteiger partial charge in [0.15, 0.2) is 22.2 Å². The molecule has 0 N–H and O–H groups in total. The molecule has 0 radical (unpaired) electrons. The first-order valence-corrected chi connectivity index (χ1v) is 10.4. The van der Waals surface area contributed by atoms with Gasteiger partial charge in [-0.3, -0.25) is 9.59 Å². The lowest BCUT2D eigenvalue weighted by atomic mass is 10.1. The van der Waals surface area contributed by atoms with Crippen molar-refractivity contribution in [3.8, 4) is 5.75 Å². The molecule has 2 rings (SSSR count). The predicted molar refractivity (Wildman–Crippen MR) is 92.8 cm³/mol. The van der Waals surface area contributed by atoms with E-state index < -0.39 is 15.8 Å². The zero-order chi connectivity index (χ0) is 17.7. The van der Waals surface area contributed by atoms with Crippen LogP contribution < -0.4 is 4.74 Å². The molecule has 1 aromatic carbocycles. The minimum absolute atomic E-state index is 0.0246. The average molecular weight is 393 g/mol. The molecular formula is C15H17ClO6S2. The molecule has 1 aliphatic rings. The number of esters is 1. The largest absolute Gasteiger partial charge is 0.495 e. The standard InChI is InChI=1S/C15H17ClO6S2/c1-21-14-3-2-10(6-12(14)16)13(17)7-22-15(18)8-23-11-4-5-24(19,20)9-11/h2-3,6,11H,4-5,7-9H2,1H3/t11-/m0/s1. The van der Waals surface area contributed by atoms with Crippen molar-refractivity contribution >= 4 is 45.0 Å². The number of carbonyl (C=O) groups excluding carboxylic acids is 2. The number of hydrogen-bond acceptors (Lipinski definition) is 7. The number of hydrogen-bond donors (Lipinski definition) is 0. The SMILES string of the molecule is COc1ccc(C(=O)COC(=O)CS[C@H]2CCS(=O)(=O)C2)cc1Cl. The van der Waals surface area contributed by atoms with Gasteiger partial charge in [0.25, 0.3) is 0 Å². The van der Waals surface area contributed by atoms with Crippen molar-refractivity contribution in [3.05, 3.63) is 28.8 Å². The van der Waals surface area contributed by atoms with Crippen LogP contribution in [0.2, 0.25) is 5.02 Å². The zero-order valence-corrected chi connectivity index (χ0v) is 15.4. The summed E-state index contributed by atoms with van der Waals surface area (Å²) in [6, 6.07) is 4.56. The number of sulfone groups is 1. The molecule has 132 valence electrons. The summed E-state index contributed by atoms with van der Waals surface area (Å²) in [5, 5.41) is 0.214. The van der Waals surface area contributed by atoms with Gasteiger partial charge in [-0.1, -0.05) is 11.6 Å². The van der Waals surface area contributed by atoms with E-state index in [1.807, 2.05) is 0 Å². The van der Waals surface area contributed by atoms with E-state index in [1.54, 1.807) is 12.1 Å². The first kappa shape index (κ1) is 19.1. The highest BCUT2D eigenvalue weighted by Gasteiger charge is 2.28.